The third-order valence-corrected chi connectivity index (χ3v) is 3.58. The molecule has 2 aromatic rings. The first-order chi connectivity index (χ1) is 10.0. The summed E-state index contributed by atoms with van der Waals surface area (Å²) in [6.07, 6.45) is 0.863. The van der Waals surface area contributed by atoms with Crippen LogP contribution in [0.15, 0.2) is 28.9 Å². The highest BCUT2D eigenvalue weighted by Gasteiger charge is 2.27. The summed E-state index contributed by atoms with van der Waals surface area (Å²) >= 11 is 0. The molecule has 1 saturated heterocycles. The quantitative estimate of drug-likeness (QED) is 0.887. The summed E-state index contributed by atoms with van der Waals surface area (Å²) in [4.78, 5) is 24.3. The number of hydrogen-bond acceptors (Lipinski definition) is 3. The molecule has 0 aliphatic carbocycles. The molecule has 1 aromatic carbocycles. The molecule has 0 spiro atoms. The van der Waals surface area contributed by atoms with Crippen LogP contribution in [-0.2, 0) is 0 Å². The van der Waals surface area contributed by atoms with E-state index < -0.39 is 11.9 Å². The number of carbonyl (C=O) groups is 2. The van der Waals surface area contributed by atoms with Gasteiger partial charge in [-0.15, -0.1) is 0 Å². The molecule has 1 unspecified atom stereocenters. The number of nitrogens with zero attached hydrogens (tertiary/aromatic N) is 1. The van der Waals surface area contributed by atoms with E-state index >= 15 is 0 Å². The van der Waals surface area contributed by atoms with Crippen LogP contribution in [0.4, 0.5) is 9.18 Å². The largest absolute Gasteiger partial charge is 0.465 e. The van der Waals surface area contributed by atoms with Crippen LogP contribution in [-0.4, -0.2) is 41.1 Å². The maximum absolute atomic E-state index is 13.1. The Labute approximate surface area is 119 Å². The highest BCUT2D eigenvalue weighted by atomic mass is 19.1. The van der Waals surface area contributed by atoms with E-state index in [9.17, 15) is 14.0 Å². The van der Waals surface area contributed by atoms with E-state index in [1.54, 1.807) is 0 Å². The molecular weight excluding hydrogens is 279 g/mol. The lowest BCUT2D eigenvalue weighted by atomic mass is 10.1. The molecular formula is C14H13FN2O4. The maximum Gasteiger partial charge on any atom is 0.407 e. The average Bonchev–Trinajstić information content (AvgIpc) is 3.04. The van der Waals surface area contributed by atoms with Crippen LogP contribution in [0.1, 0.15) is 16.8 Å². The second-order valence-electron chi connectivity index (χ2n) is 4.98. The molecule has 2 heterocycles. The van der Waals surface area contributed by atoms with Crippen molar-refractivity contribution in [1.29, 1.82) is 0 Å². The lowest BCUT2D eigenvalue weighted by Crippen LogP contribution is -2.38. The minimum Gasteiger partial charge on any atom is -0.465 e. The highest BCUT2D eigenvalue weighted by molar-refractivity contribution is 6.06. The molecule has 1 aliphatic heterocycles. The predicted molar refractivity (Wildman–Crippen MR) is 71.6 cm³/mol. The SMILES string of the molecule is O=C(NC1CCN(C(=O)O)C1)c1coc2cc(F)ccc12. The van der Waals surface area contributed by atoms with Gasteiger partial charge in [0.05, 0.1) is 5.56 Å². The van der Waals surface area contributed by atoms with Crippen molar-refractivity contribution in [3.8, 4) is 0 Å². The number of halogens is 1. The number of nitrogens with one attached hydrogen (secondary N) is 1. The van der Waals surface area contributed by atoms with Gasteiger partial charge < -0.3 is 19.7 Å². The van der Waals surface area contributed by atoms with E-state index in [1.165, 1.54) is 29.4 Å². The van der Waals surface area contributed by atoms with E-state index in [1.807, 2.05) is 0 Å². The van der Waals surface area contributed by atoms with E-state index in [0.717, 1.165) is 0 Å². The van der Waals surface area contributed by atoms with E-state index in [2.05, 4.69) is 5.32 Å². The third kappa shape index (κ3) is 2.54. The van der Waals surface area contributed by atoms with Gasteiger partial charge in [0.1, 0.15) is 17.7 Å². The molecule has 3 rings (SSSR count). The maximum atomic E-state index is 13.1. The number of fused-ring (bicyclic) bond motifs is 1. The van der Waals surface area contributed by atoms with Crippen molar-refractivity contribution in [3.05, 3.63) is 35.8 Å². The normalized spacial score (nSPS) is 18.1. The Morgan fingerprint density at radius 2 is 2.24 bits per heavy atom. The van der Waals surface area contributed by atoms with E-state index in [0.29, 0.717) is 29.5 Å². The fourth-order valence-corrected chi connectivity index (χ4v) is 2.49. The first-order valence-electron chi connectivity index (χ1n) is 6.50. The number of rotatable bonds is 2. The lowest BCUT2D eigenvalue weighted by molar-refractivity contribution is 0.0936. The van der Waals surface area contributed by atoms with Gasteiger partial charge in [-0.1, -0.05) is 0 Å². The number of amides is 2. The van der Waals surface area contributed by atoms with Gasteiger partial charge in [0, 0.05) is 30.6 Å². The van der Waals surface area contributed by atoms with Crippen LogP contribution in [0, 0.1) is 5.82 Å². The summed E-state index contributed by atoms with van der Waals surface area (Å²) in [5.74, 6) is -0.783. The molecule has 2 amide bonds. The molecule has 2 N–H and O–H groups in total. The Kier molecular flexibility index (Phi) is 3.25. The second kappa shape index (κ2) is 5.08. The Morgan fingerprint density at radius 3 is 2.95 bits per heavy atom. The van der Waals surface area contributed by atoms with E-state index in [-0.39, 0.29) is 18.5 Å². The average molecular weight is 292 g/mol. The van der Waals surface area contributed by atoms with Crippen LogP contribution in [0.5, 0.6) is 0 Å². The smallest absolute Gasteiger partial charge is 0.407 e. The number of furan rings is 1. The van der Waals surface area contributed by atoms with Crippen LogP contribution < -0.4 is 5.32 Å². The highest BCUT2D eigenvalue weighted by Crippen LogP contribution is 2.22. The van der Waals surface area contributed by atoms with E-state index in [4.69, 9.17) is 9.52 Å². The Bertz CT molecular complexity index is 712. The number of carbonyl (C=O) groups excluding carboxylic acids is 1. The van der Waals surface area contributed by atoms with Crippen LogP contribution in [0.3, 0.4) is 0 Å². The predicted octanol–water partition coefficient (Wildman–Crippen LogP) is 2.05. The summed E-state index contributed by atoms with van der Waals surface area (Å²) in [5.41, 5.74) is 0.623. The number of benzene rings is 1. The fourth-order valence-electron chi connectivity index (χ4n) is 2.49. The molecule has 1 aliphatic rings. The van der Waals surface area contributed by atoms with Crippen molar-refractivity contribution in [2.75, 3.05) is 13.1 Å². The van der Waals surface area contributed by atoms with Gasteiger partial charge in [0.2, 0.25) is 0 Å². The molecule has 110 valence electrons. The van der Waals surface area contributed by atoms with Crippen LogP contribution in [0.25, 0.3) is 11.0 Å². The minimum atomic E-state index is -0.990. The van der Waals surface area contributed by atoms with Crippen LogP contribution >= 0.6 is 0 Å². The van der Waals surface area contributed by atoms with Crippen molar-refractivity contribution in [3.63, 3.8) is 0 Å². The second-order valence-corrected chi connectivity index (χ2v) is 4.98. The van der Waals surface area contributed by atoms with Crippen molar-refractivity contribution in [1.82, 2.24) is 10.2 Å². The summed E-state index contributed by atoms with van der Waals surface area (Å²) in [6.45, 7) is 0.670. The molecule has 1 aromatic heterocycles. The van der Waals surface area contributed by atoms with Gasteiger partial charge in [-0.2, -0.15) is 0 Å². The molecule has 1 fully saturated rings. The van der Waals surface area contributed by atoms with Gasteiger partial charge in [-0.25, -0.2) is 9.18 Å². The zero-order valence-corrected chi connectivity index (χ0v) is 11.0. The number of likely N-dealkylation sites (tertiary alicyclic amines) is 1. The molecule has 21 heavy (non-hydrogen) atoms. The Balaban J connectivity index is 1.74. The third-order valence-electron chi connectivity index (χ3n) is 3.58. The monoisotopic (exact) mass is 292 g/mol. The van der Waals surface area contributed by atoms with Gasteiger partial charge in [-0.3, -0.25) is 4.79 Å². The van der Waals surface area contributed by atoms with Gasteiger partial charge in [0.15, 0.2) is 0 Å². The topological polar surface area (TPSA) is 82.8 Å². The minimum absolute atomic E-state index is 0.223. The zero-order valence-electron chi connectivity index (χ0n) is 11.0. The summed E-state index contributed by atoms with van der Waals surface area (Å²) in [5, 5.41) is 12.2. The summed E-state index contributed by atoms with van der Waals surface area (Å²) in [7, 11) is 0. The first kappa shape index (κ1) is 13.4. The standard InChI is InChI=1S/C14H13FN2O4/c15-8-1-2-10-11(7-21-12(10)5-8)13(18)16-9-3-4-17(6-9)14(19)20/h1-2,5,7,9H,3-4,6H2,(H,16,18)(H,19,20). The van der Waals surface area contributed by atoms with Crippen molar-refractivity contribution >= 4 is 23.0 Å². The van der Waals surface area contributed by atoms with Gasteiger partial charge in [0.25, 0.3) is 5.91 Å². The number of carboxylic acid groups (broad SMARTS) is 1. The molecule has 0 saturated carbocycles. The molecule has 1 atom stereocenters. The van der Waals surface area contributed by atoms with Crippen molar-refractivity contribution < 1.29 is 23.5 Å². The van der Waals surface area contributed by atoms with Gasteiger partial charge >= 0.3 is 6.09 Å². The van der Waals surface area contributed by atoms with Crippen molar-refractivity contribution in [2.24, 2.45) is 0 Å². The number of hydrogen-bond donors (Lipinski definition) is 2. The summed E-state index contributed by atoms with van der Waals surface area (Å²) in [6, 6.07) is 3.74. The Morgan fingerprint density at radius 1 is 1.43 bits per heavy atom. The summed E-state index contributed by atoms with van der Waals surface area (Å²) < 4.78 is 18.2. The molecule has 6 nitrogen and oxygen atoms in total. The van der Waals surface area contributed by atoms with Gasteiger partial charge in [-0.05, 0) is 18.6 Å². The lowest BCUT2D eigenvalue weighted by Gasteiger charge is -2.13. The molecule has 0 bridgehead atoms. The first-order valence-corrected chi connectivity index (χ1v) is 6.50. The molecule has 7 heteroatoms. The fraction of sp³-hybridized carbons (Fsp3) is 0.286. The molecule has 0 radical (unpaired) electrons. The van der Waals surface area contributed by atoms with Crippen molar-refractivity contribution in [2.45, 2.75) is 12.5 Å². The van der Waals surface area contributed by atoms with Crippen LogP contribution in [0.2, 0.25) is 0 Å². The zero-order chi connectivity index (χ0) is 15.0. The Hall–Kier alpha value is -2.57.